The quantitative estimate of drug-likeness (QED) is 0.513. The van der Waals surface area contributed by atoms with Crippen molar-refractivity contribution < 1.29 is 14.5 Å². The second-order valence-corrected chi connectivity index (χ2v) is 4.32. The lowest BCUT2D eigenvalue weighted by atomic mass is 9.96. The molecule has 98 valence electrons. The molecule has 2 amide bonds. The summed E-state index contributed by atoms with van der Waals surface area (Å²) in [5.74, 6) is -0.868. The van der Waals surface area contributed by atoms with Crippen molar-refractivity contribution in [1.82, 2.24) is 5.32 Å². The lowest BCUT2D eigenvalue weighted by molar-refractivity contribution is -0.384. The number of hydrogen-bond donors (Lipinski definition) is 1. The highest BCUT2D eigenvalue weighted by atomic mass is 16.6. The summed E-state index contributed by atoms with van der Waals surface area (Å²) in [6.45, 7) is 0. The van der Waals surface area contributed by atoms with Crippen LogP contribution >= 0.6 is 0 Å². The van der Waals surface area contributed by atoms with Gasteiger partial charge >= 0.3 is 0 Å². The molecule has 0 saturated heterocycles. The number of nitro groups is 1. The number of carbonyl (C=O) groups excluding carboxylic acids is 2. The van der Waals surface area contributed by atoms with E-state index in [0.717, 1.165) is 0 Å². The summed E-state index contributed by atoms with van der Waals surface area (Å²) in [7, 11) is 0. The zero-order chi connectivity index (χ0) is 14.3. The van der Waals surface area contributed by atoms with Crippen LogP contribution in [0.5, 0.6) is 0 Å². The van der Waals surface area contributed by atoms with Gasteiger partial charge in [0.05, 0.1) is 16.1 Å². The molecule has 0 unspecified atom stereocenters. The molecule has 3 rings (SSSR count). The molecule has 0 aromatic heterocycles. The van der Waals surface area contributed by atoms with E-state index in [4.69, 9.17) is 0 Å². The maximum atomic E-state index is 11.8. The van der Waals surface area contributed by atoms with E-state index in [-0.39, 0.29) is 5.69 Å². The molecule has 2 aromatic carbocycles. The molecule has 20 heavy (non-hydrogen) atoms. The van der Waals surface area contributed by atoms with Crippen molar-refractivity contribution in [1.29, 1.82) is 0 Å². The number of hydrogen-bond acceptors (Lipinski definition) is 4. The van der Waals surface area contributed by atoms with E-state index in [0.29, 0.717) is 22.3 Å². The van der Waals surface area contributed by atoms with Gasteiger partial charge in [-0.2, -0.15) is 0 Å². The molecule has 1 aliphatic heterocycles. The summed E-state index contributed by atoms with van der Waals surface area (Å²) >= 11 is 0. The van der Waals surface area contributed by atoms with Crippen LogP contribution in [0.4, 0.5) is 5.69 Å². The molecule has 6 nitrogen and oxygen atoms in total. The van der Waals surface area contributed by atoms with Crippen LogP contribution in [0.2, 0.25) is 0 Å². The van der Waals surface area contributed by atoms with E-state index >= 15 is 0 Å². The molecule has 0 radical (unpaired) electrons. The average molecular weight is 268 g/mol. The lowest BCUT2D eigenvalue weighted by Crippen LogP contribution is -2.20. The van der Waals surface area contributed by atoms with Gasteiger partial charge < -0.3 is 0 Å². The van der Waals surface area contributed by atoms with Crippen LogP contribution in [0, 0.1) is 10.1 Å². The van der Waals surface area contributed by atoms with E-state index < -0.39 is 16.7 Å². The molecule has 0 bridgehead atoms. The first kappa shape index (κ1) is 12.0. The van der Waals surface area contributed by atoms with E-state index in [1.54, 1.807) is 30.3 Å². The second kappa shape index (κ2) is 4.27. The maximum absolute atomic E-state index is 11.8. The Kier molecular flexibility index (Phi) is 2.57. The molecule has 0 saturated carbocycles. The van der Waals surface area contributed by atoms with Crippen molar-refractivity contribution in [3.05, 3.63) is 63.7 Å². The maximum Gasteiger partial charge on any atom is 0.269 e. The molecule has 0 fully saturated rings. The van der Waals surface area contributed by atoms with Crippen molar-refractivity contribution in [3.63, 3.8) is 0 Å². The standard InChI is InChI=1S/C14H8N2O4/c17-13-11-3-1-2-10(12(11)14(18)15-13)8-4-6-9(7-5-8)16(19)20/h1-7H,(H,15,17,18). The zero-order valence-electron chi connectivity index (χ0n) is 10.1. The minimum absolute atomic E-state index is 0.0261. The predicted octanol–water partition coefficient (Wildman–Crippen LogP) is 2.15. The Bertz CT molecular complexity index is 750. The number of nitro benzene ring substituents is 1. The van der Waals surface area contributed by atoms with Gasteiger partial charge in [-0.3, -0.25) is 25.0 Å². The fraction of sp³-hybridized carbons (Fsp3) is 0. The summed E-state index contributed by atoms with van der Waals surface area (Å²) < 4.78 is 0. The third-order valence-electron chi connectivity index (χ3n) is 3.15. The molecule has 6 heteroatoms. The van der Waals surface area contributed by atoms with Gasteiger partial charge in [0.1, 0.15) is 0 Å². The fourth-order valence-electron chi connectivity index (χ4n) is 2.22. The van der Waals surface area contributed by atoms with E-state index in [1.807, 2.05) is 0 Å². The number of amides is 2. The summed E-state index contributed by atoms with van der Waals surface area (Å²) in [6, 6.07) is 10.8. The number of benzene rings is 2. The lowest BCUT2D eigenvalue weighted by Gasteiger charge is -2.05. The molecule has 1 N–H and O–H groups in total. The van der Waals surface area contributed by atoms with Crippen LogP contribution in [0.3, 0.4) is 0 Å². The molecule has 0 atom stereocenters. The van der Waals surface area contributed by atoms with Gasteiger partial charge in [0.2, 0.25) is 0 Å². The van der Waals surface area contributed by atoms with Crippen LogP contribution in [-0.2, 0) is 0 Å². The van der Waals surface area contributed by atoms with Crippen LogP contribution in [0.1, 0.15) is 20.7 Å². The molecular weight excluding hydrogens is 260 g/mol. The number of non-ortho nitro benzene ring substituents is 1. The zero-order valence-corrected chi connectivity index (χ0v) is 10.1. The largest absolute Gasteiger partial charge is 0.288 e. The van der Waals surface area contributed by atoms with Gasteiger partial charge in [-0.25, -0.2) is 0 Å². The van der Waals surface area contributed by atoms with E-state index in [1.165, 1.54) is 12.1 Å². The second-order valence-electron chi connectivity index (χ2n) is 4.32. The van der Waals surface area contributed by atoms with Crippen molar-refractivity contribution in [2.24, 2.45) is 0 Å². The van der Waals surface area contributed by atoms with Gasteiger partial charge in [-0.05, 0) is 29.3 Å². The van der Waals surface area contributed by atoms with E-state index in [2.05, 4.69) is 5.32 Å². The van der Waals surface area contributed by atoms with Gasteiger partial charge in [-0.1, -0.05) is 12.1 Å². The van der Waals surface area contributed by atoms with Crippen molar-refractivity contribution in [2.75, 3.05) is 0 Å². The normalized spacial score (nSPS) is 13.0. The Morgan fingerprint density at radius 2 is 1.55 bits per heavy atom. The molecule has 0 spiro atoms. The molecule has 1 aliphatic rings. The van der Waals surface area contributed by atoms with E-state index in [9.17, 15) is 19.7 Å². The fourth-order valence-corrected chi connectivity index (χ4v) is 2.22. The Labute approximate surface area is 113 Å². The van der Waals surface area contributed by atoms with Gasteiger partial charge in [0, 0.05) is 12.1 Å². The first-order valence-electron chi connectivity index (χ1n) is 5.81. The monoisotopic (exact) mass is 268 g/mol. The predicted molar refractivity (Wildman–Crippen MR) is 70.3 cm³/mol. The van der Waals surface area contributed by atoms with Gasteiger partial charge in [0.25, 0.3) is 17.5 Å². The number of imide groups is 1. The van der Waals surface area contributed by atoms with Crippen LogP contribution in [-0.4, -0.2) is 16.7 Å². The highest BCUT2D eigenvalue weighted by molar-refractivity contribution is 6.24. The first-order chi connectivity index (χ1) is 9.58. The highest BCUT2D eigenvalue weighted by Gasteiger charge is 2.29. The highest BCUT2D eigenvalue weighted by Crippen LogP contribution is 2.30. The van der Waals surface area contributed by atoms with Gasteiger partial charge in [0.15, 0.2) is 0 Å². The third kappa shape index (κ3) is 1.74. The Morgan fingerprint density at radius 1 is 0.900 bits per heavy atom. The number of fused-ring (bicyclic) bond motifs is 1. The minimum Gasteiger partial charge on any atom is -0.288 e. The van der Waals surface area contributed by atoms with Crippen molar-refractivity contribution in [2.45, 2.75) is 0 Å². The molecular formula is C14H8N2O4. The number of carbonyl (C=O) groups is 2. The minimum atomic E-state index is -0.491. The number of nitrogens with one attached hydrogen (secondary N) is 1. The SMILES string of the molecule is O=C1NC(=O)c2c1cccc2-c1ccc([N+](=O)[O-])cc1. The molecule has 0 aliphatic carbocycles. The van der Waals surface area contributed by atoms with Crippen molar-refractivity contribution >= 4 is 17.5 Å². The summed E-state index contributed by atoms with van der Waals surface area (Å²) in [6.07, 6.45) is 0. The van der Waals surface area contributed by atoms with Crippen LogP contribution in [0.15, 0.2) is 42.5 Å². The first-order valence-corrected chi connectivity index (χ1v) is 5.81. The smallest absolute Gasteiger partial charge is 0.269 e. The molecule has 1 heterocycles. The Morgan fingerprint density at radius 3 is 2.20 bits per heavy atom. The summed E-state index contributed by atoms with van der Waals surface area (Å²) in [5.41, 5.74) is 1.84. The van der Waals surface area contributed by atoms with Crippen LogP contribution in [0.25, 0.3) is 11.1 Å². The topological polar surface area (TPSA) is 89.3 Å². The average Bonchev–Trinajstić information content (AvgIpc) is 2.74. The molecule has 2 aromatic rings. The Balaban J connectivity index is 2.14. The Hall–Kier alpha value is -3.02. The van der Waals surface area contributed by atoms with Crippen molar-refractivity contribution in [3.8, 4) is 11.1 Å². The number of nitrogens with zero attached hydrogens (tertiary/aromatic N) is 1. The number of rotatable bonds is 2. The van der Waals surface area contributed by atoms with Gasteiger partial charge in [-0.15, -0.1) is 0 Å². The summed E-state index contributed by atoms with van der Waals surface area (Å²) in [4.78, 5) is 33.5. The summed E-state index contributed by atoms with van der Waals surface area (Å²) in [5, 5.41) is 12.9. The third-order valence-corrected chi connectivity index (χ3v) is 3.15. The van der Waals surface area contributed by atoms with Crippen LogP contribution < -0.4 is 5.32 Å².